The van der Waals surface area contributed by atoms with Gasteiger partial charge in [-0.05, 0) is 57.8 Å². The Balaban J connectivity index is 3.27. The number of nitrogens with one attached hydrogen (secondary N) is 1. The number of aliphatic hydroxyl groups excluding tert-OH is 2. The third-order valence-corrected chi connectivity index (χ3v) is 17.2. The highest BCUT2D eigenvalue weighted by atomic mass is 16.5. The van der Waals surface area contributed by atoms with Gasteiger partial charge in [0.25, 0.3) is 0 Å². The zero-order chi connectivity index (χ0) is 57.8. The number of ether oxygens (including phenoxy) is 1. The molecular weight excluding hydrogens is 983 g/mol. The van der Waals surface area contributed by atoms with Crippen LogP contribution in [0.5, 0.6) is 0 Å². The van der Waals surface area contributed by atoms with E-state index in [-0.39, 0.29) is 18.5 Å². The molecule has 0 spiro atoms. The van der Waals surface area contributed by atoms with Crippen molar-refractivity contribution in [1.82, 2.24) is 5.32 Å². The number of carbonyl (C=O) groups excluding carboxylic acids is 2. The molecule has 2 atom stereocenters. The standard InChI is InChI=1S/C74H143NO5/c1-3-5-7-9-11-13-14-15-16-38-42-45-48-52-56-60-64-68-74(79)80-69-65-61-57-53-49-46-43-40-37-35-33-31-29-27-25-23-21-19-17-18-20-22-24-26-28-30-32-34-36-39-41-44-47-51-55-59-63-67-73(78)75-71(70-76)72(77)66-62-58-54-50-12-10-8-6-4-2/h15-16,62,66,71-72,76-77H,3-14,17-61,63-65,67-70H2,1-2H3,(H,75,78)/b16-15-,66-62+. The zero-order valence-electron chi connectivity index (χ0n) is 54.3. The lowest BCUT2D eigenvalue weighted by atomic mass is 10.0. The summed E-state index contributed by atoms with van der Waals surface area (Å²) in [4.78, 5) is 24.5. The fourth-order valence-corrected chi connectivity index (χ4v) is 11.6. The van der Waals surface area contributed by atoms with Crippen molar-refractivity contribution in [3.05, 3.63) is 24.3 Å². The van der Waals surface area contributed by atoms with Gasteiger partial charge in [0.15, 0.2) is 0 Å². The molecule has 0 aliphatic rings. The molecule has 0 saturated carbocycles. The summed E-state index contributed by atoms with van der Waals surface area (Å²) < 4.78 is 5.51. The van der Waals surface area contributed by atoms with Gasteiger partial charge in [-0.25, -0.2) is 0 Å². The first kappa shape index (κ1) is 78.3. The molecule has 80 heavy (non-hydrogen) atoms. The lowest BCUT2D eigenvalue weighted by Gasteiger charge is -2.20. The van der Waals surface area contributed by atoms with E-state index in [1.54, 1.807) is 6.08 Å². The Bertz CT molecular complexity index is 1250. The van der Waals surface area contributed by atoms with Crippen LogP contribution in [0.2, 0.25) is 0 Å². The van der Waals surface area contributed by atoms with Crippen molar-refractivity contribution in [1.29, 1.82) is 0 Å². The van der Waals surface area contributed by atoms with Crippen molar-refractivity contribution < 1.29 is 24.5 Å². The summed E-state index contributed by atoms with van der Waals surface area (Å²) in [6.07, 6.45) is 88.8. The average Bonchev–Trinajstić information content (AvgIpc) is 3.46. The average molecular weight is 1130 g/mol. The van der Waals surface area contributed by atoms with E-state index in [9.17, 15) is 19.8 Å². The molecule has 0 heterocycles. The monoisotopic (exact) mass is 1130 g/mol. The van der Waals surface area contributed by atoms with Crippen molar-refractivity contribution in [2.75, 3.05) is 13.2 Å². The molecule has 1 amide bonds. The lowest BCUT2D eigenvalue weighted by molar-refractivity contribution is -0.143. The Morgan fingerprint density at radius 1 is 0.338 bits per heavy atom. The van der Waals surface area contributed by atoms with Gasteiger partial charge in [-0.3, -0.25) is 9.59 Å². The highest BCUT2D eigenvalue weighted by Crippen LogP contribution is 2.19. The molecule has 0 rings (SSSR count). The van der Waals surface area contributed by atoms with E-state index in [1.807, 2.05) is 6.08 Å². The predicted octanol–water partition coefficient (Wildman–Crippen LogP) is 23.7. The number of amides is 1. The Hall–Kier alpha value is -1.66. The third kappa shape index (κ3) is 65.5. The van der Waals surface area contributed by atoms with Crippen molar-refractivity contribution in [3.63, 3.8) is 0 Å². The van der Waals surface area contributed by atoms with Gasteiger partial charge < -0.3 is 20.3 Å². The molecule has 0 aromatic carbocycles. The van der Waals surface area contributed by atoms with Gasteiger partial charge in [-0.15, -0.1) is 0 Å². The van der Waals surface area contributed by atoms with Crippen LogP contribution in [0.4, 0.5) is 0 Å². The normalized spacial score (nSPS) is 12.6. The van der Waals surface area contributed by atoms with E-state index in [1.165, 1.54) is 347 Å². The molecular formula is C74H143NO5. The van der Waals surface area contributed by atoms with Crippen molar-refractivity contribution >= 4 is 11.9 Å². The summed E-state index contributed by atoms with van der Waals surface area (Å²) in [5.74, 6) is -0.0428. The number of aliphatic hydroxyl groups is 2. The number of hydrogen-bond acceptors (Lipinski definition) is 5. The van der Waals surface area contributed by atoms with Crippen LogP contribution in [0.15, 0.2) is 24.3 Å². The summed E-state index contributed by atoms with van der Waals surface area (Å²) in [6, 6.07) is -0.621. The molecule has 0 aliphatic carbocycles. The Morgan fingerprint density at radius 3 is 0.887 bits per heavy atom. The number of esters is 1. The van der Waals surface area contributed by atoms with Crippen LogP contribution in [-0.2, 0) is 14.3 Å². The smallest absolute Gasteiger partial charge is 0.305 e. The molecule has 0 aliphatic heterocycles. The Morgan fingerprint density at radius 2 is 0.588 bits per heavy atom. The second kappa shape index (κ2) is 69.8. The first-order chi connectivity index (χ1) is 39.5. The minimum Gasteiger partial charge on any atom is -0.466 e. The van der Waals surface area contributed by atoms with Crippen LogP contribution in [0.3, 0.4) is 0 Å². The number of rotatable bonds is 69. The molecule has 0 fully saturated rings. The predicted molar refractivity (Wildman–Crippen MR) is 352 cm³/mol. The Kier molecular flexibility index (Phi) is 68.4. The third-order valence-electron chi connectivity index (χ3n) is 17.2. The summed E-state index contributed by atoms with van der Waals surface area (Å²) in [5.41, 5.74) is 0. The highest BCUT2D eigenvalue weighted by Gasteiger charge is 2.18. The molecule has 0 bridgehead atoms. The van der Waals surface area contributed by atoms with E-state index in [0.29, 0.717) is 19.4 Å². The minimum atomic E-state index is -0.837. The van der Waals surface area contributed by atoms with Crippen LogP contribution >= 0.6 is 0 Å². The van der Waals surface area contributed by atoms with Crippen molar-refractivity contribution in [2.45, 2.75) is 424 Å². The summed E-state index contributed by atoms with van der Waals surface area (Å²) in [7, 11) is 0. The number of carbonyl (C=O) groups is 2. The lowest BCUT2D eigenvalue weighted by Crippen LogP contribution is -2.45. The van der Waals surface area contributed by atoms with Crippen LogP contribution in [0.1, 0.15) is 412 Å². The van der Waals surface area contributed by atoms with E-state index in [2.05, 4.69) is 31.3 Å². The van der Waals surface area contributed by atoms with Crippen LogP contribution in [-0.4, -0.2) is 47.4 Å². The van der Waals surface area contributed by atoms with Gasteiger partial charge in [0.1, 0.15) is 0 Å². The first-order valence-corrected chi connectivity index (χ1v) is 36.6. The number of hydrogen-bond donors (Lipinski definition) is 3. The molecule has 474 valence electrons. The van der Waals surface area contributed by atoms with Gasteiger partial charge >= 0.3 is 5.97 Å². The van der Waals surface area contributed by atoms with Crippen molar-refractivity contribution in [2.24, 2.45) is 0 Å². The topological polar surface area (TPSA) is 95.9 Å². The second-order valence-electron chi connectivity index (χ2n) is 25.3. The van der Waals surface area contributed by atoms with Crippen LogP contribution in [0.25, 0.3) is 0 Å². The minimum absolute atomic E-state index is 0.0204. The fourth-order valence-electron chi connectivity index (χ4n) is 11.6. The molecule has 3 N–H and O–H groups in total. The maximum Gasteiger partial charge on any atom is 0.305 e. The van der Waals surface area contributed by atoms with E-state index >= 15 is 0 Å². The Labute approximate surface area is 501 Å². The quantitative estimate of drug-likeness (QED) is 0.0320. The largest absolute Gasteiger partial charge is 0.466 e. The maximum atomic E-state index is 12.4. The van der Waals surface area contributed by atoms with Gasteiger partial charge in [0.2, 0.25) is 5.91 Å². The molecule has 0 aromatic heterocycles. The zero-order valence-corrected chi connectivity index (χ0v) is 54.3. The number of unbranched alkanes of at least 4 members (excludes halogenated alkanes) is 56. The summed E-state index contributed by atoms with van der Waals surface area (Å²) >= 11 is 0. The molecule has 6 heteroatoms. The van der Waals surface area contributed by atoms with E-state index < -0.39 is 12.1 Å². The molecule has 0 radical (unpaired) electrons. The van der Waals surface area contributed by atoms with Gasteiger partial charge in [0.05, 0.1) is 25.4 Å². The maximum absolute atomic E-state index is 12.4. The van der Waals surface area contributed by atoms with Crippen LogP contribution < -0.4 is 5.32 Å². The fraction of sp³-hybridized carbons (Fsp3) is 0.919. The van der Waals surface area contributed by atoms with Gasteiger partial charge in [-0.1, -0.05) is 366 Å². The molecule has 2 unspecified atom stereocenters. The van der Waals surface area contributed by atoms with E-state index in [4.69, 9.17) is 4.74 Å². The second-order valence-corrected chi connectivity index (χ2v) is 25.3. The summed E-state index contributed by atoms with van der Waals surface area (Å²) in [5, 5.41) is 23.0. The van der Waals surface area contributed by atoms with E-state index in [0.717, 1.165) is 38.5 Å². The summed E-state index contributed by atoms with van der Waals surface area (Å²) in [6.45, 7) is 4.90. The number of allylic oxidation sites excluding steroid dienone is 3. The molecule has 0 aromatic rings. The first-order valence-electron chi connectivity index (χ1n) is 36.6. The highest BCUT2D eigenvalue weighted by molar-refractivity contribution is 5.76. The molecule has 6 nitrogen and oxygen atoms in total. The molecule has 0 saturated heterocycles. The van der Waals surface area contributed by atoms with Crippen LogP contribution in [0, 0.1) is 0 Å². The van der Waals surface area contributed by atoms with Gasteiger partial charge in [-0.2, -0.15) is 0 Å². The van der Waals surface area contributed by atoms with Gasteiger partial charge in [0, 0.05) is 12.8 Å². The van der Waals surface area contributed by atoms with Crippen molar-refractivity contribution in [3.8, 4) is 0 Å². The SMILES string of the molecule is CCCCCCCC/C=C\CCCCCCCCCC(=O)OCCCCCCCCCCCCCCCCCCCCCCCCCCCCCCCCCCCCCCCC(=O)NC(CO)C(O)/C=C/CCCCCCCCC.